The first-order valence-electron chi connectivity index (χ1n) is 7.29. The Morgan fingerprint density at radius 3 is 2.95 bits per heavy atom. The molecule has 4 rings (SSSR count). The van der Waals surface area contributed by atoms with E-state index in [1.165, 1.54) is 11.6 Å². The van der Waals surface area contributed by atoms with Crippen LogP contribution in [-0.4, -0.2) is 22.6 Å². The number of rotatable bonds is 2. The van der Waals surface area contributed by atoms with Crippen molar-refractivity contribution in [1.29, 1.82) is 0 Å². The van der Waals surface area contributed by atoms with Crippen LogP contribution in [0.1, 0.15) is 5.56 Å². The van der Waals surface area contributed by atoms with E-state index >= 15 is 0 Å². The maximum absolute atomic E-state index is 12.0. The standard InChI is InChI=1S/C18H15N3O/c1-2-17(22)21-11-10-12-13(7-5-9-16(12)21)18-14-6-3-4-8-15(14)19-20-18/h2-9H,1,10-11H2,(H,19,20). The third kappa shape index (κ3) is 1.77. The third-order valence-corrected chi connectivity index (χ3v) is 4.19. The van der Waals surface area contributed by atoms with Crippen molar-refractivity contribution in [2.45, 2.75) is 6.42 Å². The second-order valence-electron chi connectivity index (χ2n) is 5.37. The van der Waals surface area contributed by atoms with Crippen LogP contribution in [0.4, 0.5) is 5.69 Å². The summed E-state index contributed by atoms with van der Waals surface area (Å²) in [6.07, 6.45) is 2.21. The molecule has 0 spiro atoms. The van der Waals surface area contributed by atoms with Crippen molar-refractivity contribution >= 4 is 22.5 Å². The summed E-state index contributed by atoms with van der Waals surface area (Å²) in [5.41, 5.74) is 5.20. The molecule has 0 fully saturated rings. The quantitative estimate of drug-likeness (QED) is 0.736. The number of amides is 1. The van der Waals surface area contributed by atoms with Crippen LogP contribution in [0.5, 0.6) is 0 Å². The van der Waals surface area contributed by atoms with Crippen molar-refractivity contribution in [1.82, 2.24) is 10.2 Å². The molecule has 2 heterocycles. The number of aromatic amines is 1. The highest BCUT2D eigenvalue weighted by atomic mass is 16.2. The maximum atomic E-state index is 12.0. The lowest BCUT2D eigenvalue weighted by atomic mass is 10.00. The van der Waals surface area contributed by atoms with Crippen LogP contribution in [0, 0.1) is 0 Å². The van der Waals surface area contributed by atoms with Crippen molar-refractivity contribution < 1.29 is 4.79 Å². The van der Waals surface area contributed by atoms with Crippen LogP contribution in [0.15, 0.2) is 55.1 Å². The topological polar surface area (TPSA) is 49.0 Å². The Bertz CT molecular complexity index is 894. The first-order chi connectivity index (χ1) is 10.8. The number of hydrogen-bond donors (Lipinski definition) is 1. The Morgan fingerprint density at radius 1 is 1.23 bits per heavy atom. The lowest BCUT2D eigenvalue weighted by Gasteiger charge is -2.15. The molecule has 4 nitrogen and oxygen atoms in total. The van der Waals surface area contributed by atoms with E-state index in [2.05, 4.69) is 28.9 Å². The highest BCUT2D eigenvalue weighted by Gasteiger charge is 2.26. The van der Waals surface area contributed by atoms with E-state index < -0.39 is 0 Å². The van der Waals surface area contributed by atoms with Crippen LogP contribution in [0.3, 0.4) is 0 Å². The zero-order valence-corrected chi connectivity index (χ0v) is 12.0. The Hall–Kier alpha value is -2.88. The molecule has 0 bridgehead atoms. The first-order valence-corrected chi connectivity index (χ1v) is 7.29. The lowest BCUT2D eigenvalue weighted by molar-refractivity contribution is -0.114. The molecule has 0 unspecified atom stereocenters. The highest BCUT2D eigenvalue weighted by Crippen LogP contribution is 2.37. The fourth-order valence-electron chi connectivity index (χ4n) is 3.16. The van der Waals surface area contributed by atoms with Gasteiger partial charge in [0.15, 0.2) is 0 Å². The number of benzene rings is 2. The summed E-state index contributed by atoms with van der Waals surface area (Å²) in [6, 6.07) is 14.1. The molecule has 108 valence electrons. The number of carbonyl (C=O) groups is 1. The molecule has 22 heavy (non-hydrogen) atoms. The molecule has 1 amide bonds. The molecule has 0 aliphatic carbocycles. The molecule has 1 aromatic heterocycles. The third-order valence-electron chi connectivity index (χ3n) is 4.19. The van der Waals surface area contributed by atoms with Gasteiger partial charge in [-0.1, -0.05) is 36.9 Å². The van der Waals surface area contributed by atoms with E-state index in [0.29, 0.717) is 6.54 Å². The van der Waals surface area contributed by atoms with Crippen molar-refractivity contribution in [2.24, 2.45) is 0 Å². The van der Waals surface area contributed by atoms with Gasteiger partial charge >= 0.3 is 0 Å². The summed E-state index contributed by atoms with van der Waals surface area (Å²) in [4.78, 5) is 13.8. The summed E-state index contributed by atoms with van der Waals surface area (Å²) in [7, 11) is 0. The predicted octanol–water partition coefficient (Wildman–Crippen LogP) is 3.31. The van der Waals surface area contributed by atoms with Gasteiger partial charge in [-0.05, 0) is 30.2 Å². The highest BCUT2D eigenvalue weighted by molar-refractivity contribution is 6.04. The van der Waals surface area contributed by atoms with Gasteiger partial charge in [0.2, 0.25) is 5.91 Å². The molecule has 0 atom stereocenters. The number of hydrogen-bond acceptors (Lipinski definition) is 2. The fourth-order valence-corrected chi connectivity index (χ4v) is 3.16. The van der Waals surface area contributed by atoms with Crippen molar-refractivity contribution in [2.75, 3.05) is 11.4 Å². The van der Waals surface area contributed by atoms with Gasteiger partial charge in [-0.2, -0.15) is 5.10 Å². The van der Waals surface area contributed by atoms with Gasteiger partial charge < -0.3 is 4.90 Å². The van der Waals surface area contributed by atoms with E-state index in [-0.39, 0.29) is 5.91 Å². The number of para-hydroxylation sites is 1. The molecule has 0 saturated heterocycles. The number of aromatic nitrogens is 2. The van der Waals surface area contributed by atoms with E-state index in [9.17, 15) is 4.79 Å². The van der Waals surface area contributed by atoms with Crippen LogP contribution >= 0.6 is 0 Å². The summed E-state index contributed by atoms with van der Waals surface area (Å²) in [5, 5.41) is 8.66. The van der Waals surface area contributed by atoms with Crippen LogP contribution in [0.25, 0.3) is 22.2 Å². The Morgan fingerprint density at radius 2 is 2.09 bits per heavy atom. The minimum atomic E-state index is -0.0530. The smallest absolute Gasteiger partial charge is 0.250 e. The summed E-state index contributed by atoms with van der Waals surface area (Å²) in [5.74, 6) is -0.0530. The van der Waals surface area contributed by atoms with Crippen molar-refractivity contribution in [3.8, 4) is 11.3 Å². The summed E-state index contributed by atoms with van der Waals surface area (Å²) < 4.78 is 0. The fraction of sp³-hybridized carbons (Fsp3) is 0.111. The van der Waals surface area contributed by atoms with E-state index in [1.54, 1.807) is 4.90 Å². The number of anilines is 1. The van der Waals surface area contributed by atoms with E-state index in [0.717, 1.165) is 34.3 Å². The maximum Gasteiger partial charge on any atom is 0.250 e. The first kappa shape index (κ1) is 12.8. The molecule has 2 aromatic carbocycles. The van der Waals surface area contributed by atoms with Gasteiger partial charge in [0.05, 0.1) is 5.52 Å². The van der Waals surface area contributed by atoms with Gasteiger partial charge in [0.1, 0.15) is 5.69 Å². The monoisotopic (exact) mass is 289 g/mol. The van der Waals surface area contributed by atoms with Gasteiger partial charge in [-0.3, -0.25) is 9.89 Å². The Balaban J connectivity index is 1.90. The second-order valence-corrected chi connectivity index (χ2v) is 5.37. The summed E-state index contributed by atoms with van der Waals surface area (Å²) in [6.45, 7) is 4.28. The van der Waals surface area contributed by atoms with E-state index in [4.69, 9.17) is 0 Å². The molecule has 0 radical (unpaired) electrons. The Labute approximate surface area is 128 Å². The average Bonchev–Trinajstić information content (AvgIpc) is 3.18. The van der Waals surface area contributed by atoms with Crippen LogP contribution in [0.2, 0.25) is 0 Å². The molecular weight excluding hydrogens is 274 g/mol. The zero-order chi connectivity index (χ0) is 15.1. The van der Waals surface area contributed by atoms with Crippen molar-refractivity contribution in [3.05, 3.63) is 60.7 Å². The number of nitrogens with one attached hydrogen (secondary N) is 1. The molecule has 1 aliphatic heterocycles. The SMILES string of the molecule is C=CC(=O)N1CCc2c(-c3n[nH]c4ccccc34)cccc21. The van der Waals surface area contributed by atoms with Crippen LogP contribution < -0.4 is 4.90 Å². The lowest BCUT2D eigenvalue weighted by Crippen LogP contribution is -2.26. The molecule has 1 aliphatic rings. The number of carbonyl (C=O) groups excluding carboxylic acids is 1. The number of fused-ring (bicyclic) bond motifs is 2. The number of H-pyrrole nitrogens is 1. The van der Waals surface area contributed by atoms with Crippen molar-refractivity contribution in [3.63, 3.8) is 0 Å². The summed E-state index contributed by atoms with van der Waals surface area (Å²) >= 11 is 0. The molecule has 3 aromatic rings. The predicted molar refractivity (Wildman–Crippen MR) is 87.8 cm³/mol. The van der Waals surface area contributed by atoms with Gasteiger partial charge in [-0.15, -0.1) is 0 Å². The minimum absolute atomic E-state index is 0.0530. The van der Waals surface area contributed by atoms with Gasteiger partial charge in [-0.25, -0.2) is 0 Å². The average molecular weight is 289 g/mol. The number of nitrogens with zero attached hydrogens (tertiary/aromatic N) is 2. The van der Waals surface area contributed by atoms with Gasteiger partial charge in [0, 0.05) is 23.2 Å². The largest absolute Gasteiger partial charge is 0.308 e. The molecule has 4 heteroatoms. The second kappa shape index (κ2) is 4.84. The Kier molecular flexibility index (Phi) is 2.82. The van der Waals surface area contributed by atoms with E-state index in [1.807, 2.05) is 30.3 Å². The normalized spacial score (nSPS) is 13.4. The van der Waals surface area contributed by atoms with Crippen LogP contribution in [-0.2, 0) is 11.2 Å². The molecular formula is C18H15N3O. The van der Waals surface area contributed by atoms with Gasteiger partial charge in [0.25, 0.3) is 0 Å². The zero-order valence-electron chi connectivity index (χ0n) is 12.0. The molecule has 1 N–H and O–H groups in total. The molecule has 0 saturated carbocycles. The minimum Gasteiger partial charge on any atom is -0.308 e.